The Bertz CT molecular complexity index is 174. The maximum Gasteiger partial charge on any atom is 2.00 e. The molecule has 0 unspecified atom stereocenters. The van der Waals surface area contributed by atoms with E-state index in [1.165, 1.54) is 13.8 Å². The molecule has 0 aliphatic heterocycles. The number of carbonyl (C=O) groups is 2. The summed E-state index contributed by atoms with van der Waals surface area (Å²) in [7, 11) is 0. The second-order valence-electron chi connectivity index (χ2n) is 2.17. The van der Waals surface area contributed by atoms with Crippen LogP contribution in [0.2, 0.25) is 0 Å². The average molecular weight is 228 g/mol. The molecular weight excluding hydrogens is 216 g/mol. The minimum Gasteiger partial charge on any atom is -2.00 e. The smallest absolute Gasteiger partial charge is 2.00 e. The molecule has 14 heavy (non-hydrogen) atoms. The monoisotopic (exact) mass is 228 g/mol. The molecule has 0 bridgehead atoms. The molecule has 5 nitrogen and oxygen atoms in total. The zero-order chi connectivity index (χ0) is 10.3. The maximum absolute atomic E-state index is 9.60. The molecule has 0 aromatic carbocycles. The molecule has 0 atom stereocenters. The summed E-state index contributed by atoms with van der Waals surface area (Å²) in [5.74, 6) is -1.87. The van der Waals surface area contributed by atoms with E-state index in [4.69, 9.17) is 10.2 Å². The van der Waals surface area contributed by atoms with Crippen LogP contribution in [0.3, 0.4) is 0 Å². The molecule has 0 saturated carbocycles. The summed E-state index contributed by atoms with van der Waals surface area (Å²) in [6, 6.07) is 0. The van der Waals surface area contributed by atoms with Crippen molar-refractivity contribution in [3.05, 3.63) is 24.3 Å². The SMILES string of the molecule is C=C(C)C(=O)O.C=C(C)C(=O)O.[Ca+2].[O-2]. The van der Waals surface area contributed by atoms with Crippen molar-refractivity contribution in [3.8, 4) is 0 Å². The molecule has 0 aliphatic rings. The average Bonchev–Trinajstić information content (AvgIpc) is 1.88. The topological polar surface area (TPSA) is 103 Å². The van der Waals surface area contributed by atoms with E-state index in [-0.39, 0.29) is 54.4 Å². The second kappa shape index (κ2) is 12.6. The van der Waals surface area contributed by atoms with Crippen molar-refractivity contribution in [2.75, 3.05) is 0 Å². The molecule has 0 saturated heterocycles. The largest absolute Gasteiger partial charge is 2.00 e. The van der Waals surface area contributed by atoms with Gasteiger partial charge in [0.15, 0.2) is 0 Å². The molecule has 0 heterocycles. The third-order valence-electron chi connectivity index (χ3n) is 0.730. The molecular formula is C8H12CaO5. The van der Waals surface area contributed by atoms with E-state index in [2.05, 4.69) is 13.2 Å². The van der Waals surface area contributed by atoms with Gasteiger partial charge in [-0.3, -0.25) is 0 Å². The Balaban J connectivity index is -0.0000000625. The van der Waals surface area contributed by atoms with E-state index >= 15 is 0 Å². The van der Waals surface area contributed by atoms with Gasteiger partial charge in [-0.1, -0.05) is 13.2 Å². The zero-order valence-electron chi connectivity index (χ0n) is 8.24. The van der Waals surface area contributed by atoms with Crippen LogP contribution < -0.4 is 0 Å². The van der Waals surface area contributed by atoms with Crippen LogP contribution in [0.5, 0.6) is 0 Å². The summed E-state index contributed by atoms with van der Waals surface area (Å²) in [4.78, 5) is 19.2. The van der Waals surface area contributed by atoms with E-state index < -0.39 is 11.9 Å². The number of carboxylic acids is 2. The number of rotatable bonds is 2. The fraction of sp³-hybridized carbons (Fsp3) is 0.250. The molecule has 0 rings (SSSR count). The summed E-state index contributed by atoms with van der Waals surface area (Å²) in [6.07, 6.45) is 0. The van der Waals surface area contributed by atoms with Crippen molar-refractivity contribution < 1.29 is 25.3 Å². The fourth-order valence-corrected chi connectivity index (χ4v) is 0. The predicted octanol–water partition coefficient (Wildman–Crippen LogP) is 0.795. The third-order valence-corrected chi connectivity index (χ3v) is 0.730. The van der Waals surface area contributed by atoms with Crippen LogP contribution in [0.4, 0.5) is 0 Å². The number of hydrogen-bond acceptors (Lipinski definition) is 2. The van der Waals surface area contributed by atoms with Gasteiger partial charge in [0.2, 0.25) is 0 Å². The fourth-order valence-electron chi connectivity index (χ4n) is 0. The van der Waals surface area contributed by atoms with Gasteiger partial charge in [0.1, 0.15) is 0 Å². The Labute approximate surface area is 112 Å². The van der Waals surface area contributed by atoms with Crippen LogP contribution in [0.1, 0.15) is 13.8 Å². The zero-order valence-corrected chi connectivity index (χ0v) is 10.4. The molecule has 0 aromatic heterocycles. The first-order valence-corrected chi connectivity index (χ1v) is 3.06. The first-order valence-electron chi connectivity index (χ1n) is 3.06. The van der Waals surface area contributed by atoms with E-state index in [1.54, 1.807) is 0 Å². The van der Waals surface area contributed by atoms with Crippen LogP contribution in [-0.4, -0.2) is 59.9 Å². The molecule has 0 aromatic rings. The van der Waals surface area contributed by atoms with E-state index in [0.29, 0.717) is 0 Å². The Morgan fingerprint density at radius 3 is 1.00 bits per heavy atom. The Hall–Kier alpha value is -0.360. The van der Waals surface area contributed by atoms with Gasteiger partial charge in [-0.05, 0) is 13.8 Å². The number of carboxylic acid groups (broad SMARTS) is 2. The summed E-state index contributed by atoms with van der Waals surface area (Å²) in [5, 5.41) is 15.8. The van der Waals surface area contributed by atoms with Crippen LogP contribution >= 0.6 is 0 Å². The van der Waals surface area contributed by atoms with E-state index in [9.17, 15) is 9.59 Å². The summed E-state index contributed by atoms with van der Waals surface area (Å²) >= 11 is 0. The van der Waals surface area contributed by atoms with Crippen LogP contribution in [0.15, 0.2) is 24.3 Å². The molecule has 0 spiro atoms. The van der Waals surface area contributed by atoms with E-state index in [1.807, 2.05) is 0 Å². The minimum absolute atomic E-state index is 0. The summed E-state index contributed by atoms with van der Waals surface area (Å²) in [6.45, 7) is 9.20. The van der Waals surface area contributed by atoms with Gasteiger partial charge < -0.3 is 15.7 Å². The quantitative estimate of drug-likeness (QED) is 0.538. The van der Waals surface area contributed by atoms with E-state index in [0.717, 1.165) is 0 Å². The standard InChI is InChI=1S/2C4H6O2.Ca.O/c2*1-3(2)4(5)6;;/h2*1H2,2H3,(H,5,6);;/q;;+2;-2. The van der Waals surface area contributed by atoms with Crippen molar-refractivity contribution in [3.63, 3.8) is 0 Å². The van der Waals surface area contributed by atoms with Gasteiger partial charge in [0, 0.05) is 11.1 Å². The second-order valence-corrected chi connectivity index (χ2v) is 2.17. The van der Waals surface area contributed by atoms with Crippen LogP contribution in [-0.2, 0) is 15.1 Å². The van der Waals surface area contributed by atoms with Crippen LogP contribution in [0.25, 0.3) is 0 Å². The van der Waals surface area contributed by atoms with Gasteiger partial charge >= 0.3 is 49.7 Å². The maximum atomic E-state index is 9.60. The van der Waals surface area contributed by atoms with Crippen LogP contribution in [0, 0.1) is 0 Å². The van der Waals surface area contributed by atoms with Crippen molar-refractivity contribution in [2.24, 2.45) is 0 Å². The van der Waals surface area contributed by atoms with Gasteiger partial charge in [-0.15, -0.1) is 0 Å². The molecule has 0 aliphatic carbocycles. The molecule has 76 valence electrons. The number of aliphatic carboxylic acids is 2. The Morgan fingerprint density at radius 2 is 1.00 bits per heavy atom. The molecule has 6 heteroatoms. The Kier molecular flexibility index (Phi) is 21.2. The van der Waals surface area contributed by atoms with Crippen molar-refractivity contribution in [1.82, 2.24) is 0 Å². The summed E-state index contributed by atoms with van der Waals surface area (Å²) in [5.41, 5.74) is 0.352. The van der Waals surface area contributed by atoms with Gasteiger partial charge in [0.05, 0.1) is 0 Å². The van der Waals surface area contributed by atoms with Gasteiger partial charge in [-0.2, -0.15) is 0 Å². The normalized spacial score (nSPS) is 6.43. The molecule has 2 N–H and O–H groups in total. The molecule has 0 fully saturated rings. The van der Waals surface area contributed by atoms with Gasteiger partial charge in [-0.25, -0.2) is 9.59 Å². The van der Waals surface area contributed by atoms with Gasteiger partial charge in [0.25, 0.3) is 0 Å². The molecule has 0 radical (unpaired) electrons. The Morgan fingerprint density at radius 1 is 0.929 bits per heavy atom. The predicted molar refractivity (Wildman–Crippen MR) is 51.3 cm³/mol. The number of hydrogen-bond donors (Lipinski definition) is 2. The van der Waals surface area contributed by atoms with Crippen molar-refractivity contribution in [1.29, 1.82) is 0 Å². The first kappa shape index (κ1) is 23.5. The molecule has 0 amide bonds. The third kappa shape index (κ3) is 22.6. The van der Waals surface area contributed by atoms with Crippen molar-refractivity contribution >= 4 is 49.7 Å². The summed E-state index contributed by atoms with van der Waals surface area (Å²) < 4.78 is 0. The minimum atomic E-state index is -0.935. The van der Waals surface area contributed by atoms with Crippen molar-refractivity contribution in [2.45, 2.75) is 13.8 Å². The first-order chi connectivity index (χ1) is 5.29.